The van der Waals surface area contributed by atoms with Crippen molar-refractivity contribution in [3.05, 3.63) is 207 Å². The number of phosphoric ester groups is 2. The average molecular weight is 1570 g/mol. The van der Waals surface area contributed by atoms with Crippen LogP contribution in [0.3, 0.4) is 0 Å². The molecule has 0 aliphatic carbocycles. The third-order valence-electron chi connectivity index (χ3n) is 16.3. The van der Waals surface area contributed by atoms with Crippen LogP contribution in [0, 0.1) is 0 Å². The molecule has 0 spiro atoms. The molecule has 0 saturated carbocycles. The maximum atomic E-state index is 13.1. The van der Waals surface area contributed by atoms with Crippen LogP contribution in [0.25, 0.3) is 0 Å². The molecule has 3 N–H and O–H groups in total. The van der Waals surface area contributed by atoms with Crippen LogP contribution >= 0.6 is 15.6 Å². The predicted molar refractivity (Wildman–Crippen MR) is 454 cm³/mol. The van der Waals surface area contributed by atoms with Crippen molar-refractivity contribution in [1.29, 1.82) is 0 Å². The molecule has 110 heavy (non-hydrogen) atoms. The zero-order chi connectivity index (χ0) is 80.3. The largest absolute Gasteiger partial charge is 0.472 e. The monoisotopic (exact) mass is 1570 g/mol. The maximum Gasteiger partial charge on any atom is 0.472 e. The highest BCUT2D eigenvalue weighted by Crippen LogP contribution is 2.45. The van der Waals surface area contributed by atoms with Crippen molar-refractivity contribution in [2.75, 3.05) is 39.6 Å². The standard InChI is InChI=1S/C91H144O17P2/c1-5-9-13-17-21-25-29-33-36-39-42-45-48-52-55-59-63-67-71-75-88(93)101-81-86(107-90(95)77-73-69-65-61-57-51-32-28-24-20-16-12-8-4)83-105-109(97,98)103-79-85(92)80-104-110(99,100)106-84-87(108-91(96)78-74-70-66-62-58-54-50-47-44-41-38-35-31-27-23-19-15-11-7-3)82-102-89(94)76-72-68-64-60-56-53-49-46-43-40-37-34-30-26-22-18-14-10-6-2/h9-11,13-15,21-23,25-27,33-38,42-47,52-56,58,63-64,67-68,85-87,92H,5-8,12,16-20,24,28-32,39-41,48-51,57,59-62,65-66,69-84H2,1-4H3,(H,97,98)(H,99,100)/b13-9-,14-10-,15-11-,25-21-,26-22-,27-23-,36-33-,37-34-,38-35-,45-42-,46-43-,47-44-,55-52-,56-53-,58-54-,67-63-,68-64-/t85?,86-,87-/m1/s1. The fraction of sp³-hybridized carbons (Fsp3) is 0.582. The normalized spacial score (nSPS) is 14.9. The van der Waals surface area contributed by atoms with Crippen molar-refractivity contribution < 1.29 is 80.2 Å². The van der Waals surface area contributed by atoms with E-state index in [4.69, 9.17) is 37.0 Å². The molecule has 0 saturated heterocycles. The van der Waals surface area contributed by atoms with Crippen LogP contribution in [0.5, 0.6) is 0 Å². The van der Waals surface area contributed by atoms with Crippen LogP contribution in [0.1, 0.15) is 285 Å². The van der Waals surface area contributed by atoms with E-state index in [9.17, 15) is 43.2 Å². The Bertz CT molecular complexity index is 2900. The van der Waals surface area contributed by atoms with Gasteiger partial charge in [-0.25, -0.2) is 9.13 Å². The molecule has 17 nitrogen and oxygen atoms in total. The first-order chi connectivity index (χ1) is 53.7. The highest BCUT2D eigenvalue weighted by atomic mass is 31.2. The van der Waals surface area contributed by atoms with Gasteiger partial charge in [0, 0.05) is 25.7 Å². The highest BCUT2D eigenvalue weighted by molar-refractivity contribution is 7.47. The number of phosphoric acid groups is 2. The number of ether oxygens (including phenoxy) is 4. The van der Waals surface area contributed by atoms with E-state index in [2.05, 4.69) is 198 Å². The Kier molecular flexibility index (Phi) is 76.0. The lowest BCUT2D eigenvalue weighted by Crippen LogP contribution is -2.30. The number of hydrogen-bond donors (Lipinski definition) is 3. The molecule has 0 aliphatic rings. The minimum atomic E-state index is -5.02. The van der Waals surface area contributed by atoms with Gasteiger partial charge >= 0.3 is 39.5 Å². The second-order valence-corrected chi connectivity index (χ2v) is 29.5. The summed E-state index contributed by atoms with van der Waals surface area (Å²) in [5.74, 6) is -2.43. The molecule has 0 amide bonds. The van der Waals surface area contributed by atoms with Gasteiger partial charge in [-0.3, -0.25) is 37.3 Å². The third-order valence-corrected chi connectivity index (χ3v) is 18.2. The molecular weight excluding hydrogens is 1430 g/mol. The molecule has 19 heteroatoms. The molecular formula is C91H144O17P2. The summed E-state index contributed by atoms with van der Waals surface area (Å²) in [5, 5.41) is 10.7. The average Bonchev–Trinajstić information content (AvgIpc) is 0.900. The number of carbonyl (C=O) groups is 4. The van der Waals surface area contributed by atoms with E-state index in [-0.39, 0.29) is 25.7 Å². The number of aliphatic hydroxyl groups excluding tert-OH is 1. The zero-order valence-corrected chi connectivity index (χ0v) is 69.6. The van der Waals surface area contributed by atoms with E-state index in [1.807, 2.05) is 36.5 Å². The zero-order valence-electron chi connectivity index (χ0n) is 67.8. The van der Waals surface area contributed by atoms with Crippen molar-refractivity contribution in [1.82, 2.24) is 0 Å². The fourth-order valence-corrected chi connectivity index (χ4v) is 11.7. The molecule has 0 fully saturated rings. The summed E-state index contributed by atoms with van der Waals surface area (Å²) in [6.07, 6.45) is 101. The molecule has 0 aromatic carbocycles. The van der Waals surface area contributed by atoms with Gasteiger partial charge in [0.15, 0.2) is 12.2 Å². The van der Waals surface area contributed by atoms with Crippen molar-refractivity contribution in [3.8, 4) is 0 Å². The highest BCUT2D eigenvalue weighted by Gasteiger charge is 2.30. The van der Waals surface area contributed by atoms with E-state index in [1.54, 1.807) is 0 Å². The Morgan fingerprint density at radius 1 is 0.264 bits per heavy atom. The van der Waals surface area contributed by atoms with Gasteiger partial charge in [0.05, 0.1) is 26.4 Å². The molecule has 0 rings (SSSR count). The van der Waals surface area contributed by atoms with Gasteiger partial charge in [-0.1, -0.05) is 318 Å². The van der Waals surface area contributed by atoms with Crippen LogP contribution in [0.15, 0.2) is 207 Å². The smallest absolute Gasteiger partial charge is 0.462 e. The second kappa shape index (κ2) is 80.7. The summed E-state index contributed by atoms with van der Waals surface area (Å²) in [7, 11) is -10.0. The Morgan fingerprint density at radius 3 is 0.764 bits per heavy atom. The van der Waals surface area contributed by atoms with Gasteiger partial charge in [0.25, 0.3) is 0 Å². The first kappa shape index (κ1) is 104. The summed E-state index contributed by atoms with van der Waals surface area (Å²) < 4.78 is 68.5. The summed E-state index contributed by atoms with van der Waals surface area (Å²) >= 11 is 0. The molecule has 0 aromatic heterocycles. The SMILES string of the molecule is CC/C=C\C/C=C\C/C=C\C/C=C\C/C=C\C/C=C\CCC(=O)OC[C@H](COP(=O)(O)OCC(O)COP(=O)(O)OC[C@@H](COC(=O)CC/C=C\C/C=C\C/C=C\C/C=C\C/C=C\C/C=C\CC)OC(=O)CCCCCCCCCCCCCCC)OC(=O)CCCCC/C=C\C/C=C\C/C=C\C/C=C\C/C=C\CC. The number of carbonyl (C=O) groups excluding carboxylic acids is 4. The number of rotatable bonds is 75. The Hall–Kier alpha value is -6.36. The third kappa shape index (κ3) is 79.7. The van der Waals surface area contributed by atoms with Crippen molar-refractivity contribution in [2.45, 2.75) is 303 Å². The quantitative estimate of drug-likeness (QED) is 0.0169. The topological polar surface area (TPSA) is 237 Å². The second-order valence-electron chi connectivity index (χ2n) is 26.6. The Morgan fingerprint density at radius 2 is 0.491 bits per heavy atom. The molecule has 0 bridgehead atoms. The number of hydrogen-bond acceptors (Lipinski definition) is 15. The van der Waals surface area contributed by atoms with Gasteiger partial charge in [-0.2, -0.15) is 0 Å². The molecule has 620 valence electrons. The number of unbranched alkanes of at least 4 members (excludes halogenated alkanes) is 15. The van der Waals surface area contributed by atoms with E-state index in [1.165, 1.54) is 51.4 Å². The first-order valence-electron chi connectivity index (χ1n) is 41.3. The van der Waals surface area contributed by atoms with Crippen LogP contribution in [0.4, 0.5) is 0 Å². The van der Waals surface area contributed by atoms with Gasteiger partial charge in [-0.15, -0.1) is 0 Å². The lowest BCUT2D eigenvalue weighted by molar-refractivity contribution is -0.161. The van der Waals surface area contributed by atoms with Crippen molar-refractivity contribution >= 4 is 39.5 Å². The molecule has 0 heterocycles. The molecule has 0 radical (unpaired) electrons. The number of aliphatic hydroxyl groups is 1. The summed E-state index contributed by atoms with van der Waals surface area (Å²) in [4.78, 5) is 73.1. The Balaban J connectivity index is 5.55. The van der Waals surface area contributed by atoms with Crippen LogP contribution in [-0.4, -0.2) is 96.7 Å². The van der Waals surface area contributed by atoms with Crippen LogP contribution in [-0.2, 0) is 65.4 Å². The maximum absolute atomic E-state index is 13.1. The molecule has 3 unspecified atom stereocenters. The number of esters is 4. The van der Waals surface area contributed by atoms with Gasteiger partial charge < -0.3 is 33.8 Å². The summed E-state index contributed by atoms with van der Waals surface area (Å²) in [5.41, 5.74) is 0. The predicted octanol–water partition coefficient (Wildman–Crippen LogP) is 24.7. The van der Waals surface area contributed by atoms with E-state index in [0.717, 1.165) is 141 Å². The summed E-state index contributed by atoms with van der Waals surface area (Å²) in [6, 6.07) is 0. The number of allylic oxidation sites excluding steroid dienone is 34. The van der Waals surface area contributed by atoms with Crippen molar-refractivity contribution in [2.24, 2.45) is 0 Å². The van der Waals surface area contributed by atoms with E-state index < -0.39 is 97.5 Å². The summed E-state index contributed by atoms with van der Waals surface area (Å²) in [6.45, 7) is 4.30. The minimum Gasteiger partial charge on any atom is -0.462 e. The van der Waals surface area contributed by atoms with Gasteiger partial charge in [0.2, 0.25) is 0 Å². The van der Waals surface area contributed by atoms with E-state index >= 15 is 0 Å². The van der Waals surface area contributed by atoms with Gasteiger partial charge in [0.1, 0.15) is 19.3 Å². The van der Waals surface area contributed by atoms with Gasteiger partial charge in [-0.05, 0) is 148 Å². The molecule has 5 atom stereocenters. The fourth-order valence-electron chi connectivity index (χ4n) is 10.1. The Labute approximate surface area is 665 Å². The molecule has 0 aromatic rings. The minimum absolute atomic E-state index is 0.0187. The van der Waals surface area contributed by atoms with Crippen LogP contribution < -0.4 is 0 Å². The van der Waals surface area contributed by atoms with Crippen LogP contribution in [0.2, 0.25) is 0 Å². The lowest BCUT2D eigenvalue weighted by Gasteiger charge is -2.21. The van der Waals surface area contributed by atoms with E-state index in [0.29, 0.717) is 38.5 Å². The lowest BCUT2D eigenvalue weighted by atomic mass is 10.0. The first-order valence-corrected chi connectivity index (χ1v) is 44.3. The van der Waals surface area contributed by atoms with Crippen molar-refractivity contribution in [3.63, 3.8) is 0 Å². The molecule has 0 aliphatic heterocycles.